The van der Waals surface area contributed by atoms with E-state index in [9.17, 15) is 4.79 Å². The zero-order chi connectivity index (χ0) is 17.1. The molecule has 1 aromatic heterocycles. The standard InChI is InChI=1S/C20H21N3O2/c24-20(18-2-1-3-19-17(18)8-13-25-19)22-16-6-4-15(5-7-16)14-23-11-9-21-10-12-23/h1-8,13,21H,9-12,14H2,(H,22,24). The van der Waals surface area contributed by atoms with E-state index in [4.69, 9.17) is 4.42 Å². The zero-order valence-electron chi connectivity index (χ0n) is 14.0. The van der Waals surface area contributed by atoms with Gasteiger partial charge in [-0.3, -0.25) is 9.69 Å². The number of carbonyl (C=O) groups is 1. The van der Waals surface area contributed by atoms with Gasteiger partial charge in [0.25, 0.3) is 5.91 Å². The van der Waals surface area contributed by atoms with Gasteiger partial charge in [-0.1, -0.05) is 18.2 Å². The van der Waals surface area contributed by atoms with Crippen LogP contribution in [0.25, 0.3) is 11.0 Å². The molecule has 0 saturated carbocycles. The van der Waals surface area contributed by atoms with Gasteiger partial charge in [-0.2, -0.15) is 0 Å². The van der Waals surface area contributed by atoms with Crippen LogP contribution in [0.5, 0.6) is 0 Å². The molecule has 2 heterocycles. The van der Waals surface area contributed by atoms with Crippen LogP contribution in [0, 0.1) is 0 Å². The van der Waals surface area contributed by atoms with Crippen LogP contribution in [0.3, 0.4) is 0 Å². The van der Waals surface area contributed by atoms with Gasteiger partial charge in [-0.25, -0.2) is 0 Å². The SMILES string of the molecule is O=C(Nc1ccc(CN2CCNCC2)cc1)c1cccc2occc12. The summed E-state index contributed by atoms with van der Waals surface area (Å²) >= 11 is 0. The Balaban J connectivity index is 1.44. The van der Waals surface area contributed by atoms with Crippen LogP contribution in [0.15, 0.2) is 59.2 Å². The number of nitrogens with zero attached hydrogens (tertiary/aromatic N) is 1. The first kappa shape index (κ1) is 15.9. The molecule has 1 saturated heterocycles. The summed E-state index contributed by atoms with van der Waals surface area (Å²) in [6.45, 7) is 5.20. The highest BCUT2D eigenvalue weighted by atomic mass is 16.3. The Morgan fingerprint density at radius 2 is 1.88 bits per heavy atom. The average Bonchev–Trinajstić information content (AvgIpc) is 3.13. The van der Waals surface area contributed by atoms with Crippen molar-refractivity contribution < 1.29 is 9.21 Å². The lowest BCUT2D eigenvalue weighted by molar-refractivity contribution is 0.102. The predicted octanol–water partition coefficient (Wildman–Crippen LogP) is 3.09. The second-order valence-electron chi connectivity index (χ2n) is 6.32. The minimum absolute atomic E-state index is 0.123. The molecule has 1 amide bonds. The van der Waals surface area contributed by atoms with Crippen molar-refractivity contribution >= 4 is 22.6 Å². The van der Waals surface area contributed by atoms with Gasteiger partial charge in [0, 0.05) is 43.8 Å². The molecular formula is C20H21N3O2. The highest BCUT2D eigenvalue weighted by molar-refractivity contribution is 6.12. The van der Waals surface area contributed by atoms with E-state index in [0.717, 1.165) is 49.4 Å². The van der Waals surface area contributed by atoms with E-state index in [2.05, 4.69) is 27.7 Å². The second-order valence-corrected chi connectivity index (χ2v) is 6.32. The zero-order valence-corrected chi connectivity index (χ0v) is 14.0. The minimum atomic E-state index is -0.123. The summed E-state index contributed by atoms with van der Waals surface area (Å²) in [6.07, 6.45) is 1.60. The van der Waals surface area contributed by atoms with Gasteiger partial charge < -0.3 is 15.1 Å². The molecule has 128 valence electrons. The molecule has 4 rings (SSSR count). The molecule has 25 heavy (non-hydrogen) atoms. The fourth-order valence-electron chi connectivity index (χ4n) is 3.21. The number of hydrogen-bond acceptors (Lipinski definition) is 4. The van der Waals surface area contributed by atoms with Crippen LogP contribution in [-0.2, 0) is 6.54 Å². The Hall–Kier alpha value is -2.63. The van der Waals surface area contributed by atoms with Gasteiger partial charge in [0.2, 0.25) is 0 Å². The maximum Gasteiger partial charge on any atom is 0.256 e. The number of nitrogens with one attached hydrogen (secondary N) is 2. The van der Waals surface area contributed by atoms with Crippen molar-refractivity contribution in [2.75, 3.05) is 31.5 Å². The molecule has 5 nitrogen and oxygen atoms in total. The number of piperazine rings is 1. The third kappa shape index (κ3) is 3.57. The average molecular weight is 335 g/mol. The van der Waals surface area contributed by atoms with Crippen molar-refractivity contribution in [2.45, 2.75) is 6.54 Å². The summed E-state index contributed by atoms with van der Waals surface area (Å²) < 4.78 is 5.36. The predicted molar refractivity (Wildman–Crippen MR) is 98.8 cm³/mol. The van der Waals surface area contributed by atoms with Crippen LogP contribution in [-0.4, -0.2) is 37.0 Å². The van der Waals surface area contributed by atoms with Crippen LogP contribution < -0.4 is 10.6 Å². The molecule has 1 fully saturated rings. The van der Waals surface area contributed by atoms with Gasteiger partial charge in [0.15, 0.2) is 0 Å². The maximum absolute atomic E-state index is 12.6. The van der Waals surface area contributed by atoms with Crippen LogP contribution in [0.4, 0.5) is 5.69 Å². The van der Waals surface area contributed by atoms with E-state index in [0.29, 0.717) is 5.56 Å². The van der Waals surface area contributed by atoms with Crippen molar-refractivity contribution in [1.82, 2.24) is 10.2 Å². The number of hydrogen-bond donors (Lipinski definition) is 2. The number of benzene rings is 2. The van der Waals surface area contributed by atoms with Gasteiger partial charge >= 0.3 is 0 Å². The molecule has 5 heteroatoms. The summed E-state index contributed by atoms with van der Waals surface area (Å²) in [5.74, 6) is -0.123. The molecule has 0 radical (unpaired) electrons. The largest absolute Gasteiger partial charge is 0.464 e. The Morgan fingerprint density at radius 3 is 2.68 bits per heavy atom. The topological polar surface area (TPSA) is 57.5 Å². The fraction of sp³-hybridized carbons (Fsp3) is 0.250. The van der Waals surface area contributed by atoms with Crippen LogP contribution in [0.2, 0.25) is 0 Å². The van der Waals surface area contributed by atoms with E-state index < -0.39 is 0 Å². The highest BCUT2D eigenvalue weighted by Crippen LogP contribution is 2.21. The first-order valence-electron chi connectivity index (χ1n) is 8.59. The quantitative estimate of drug-likeness (QED) is 0.769. The molecular weight excluding hydrogens is 314 g/mol. The lowest BCUT2D eigenvalue weighted by Crippen LogP contribution is -2.42. The van der Waals surface area contributed by atoms with E-state index in [1.54, 1.807) is 6.26 Å². The molecule has 2 N–H and O–H groups in total. The number of amides is 1. The maximum atomic E-state index is 12.6. The Kier molecular flexibility index (Phi) is 4.50. The lowest BCUT2D eigenvalue weighted by Gasteiger charge is -2.27. The molecule has 0 bridgehead atoms. The smallest absolute Gasteiger partial charge is 0.256 e. The Morgan fingerprint density at radius 1 is 1.08 bits per heavy atom. The van der Waals surface area contributed by atoms with Crippen LogP contribution >= 0.6 is 0 Å². The fourth-order valence-corrected chi connectivity index (χ4v) is 3.21. The molecule has 0 spiro atoms. The van der Waals surface area contributed by atoms with Gasteiger partial charge in [-0.05, 0) is 35.9 Å². The molecule has 0 unspecified atom stereocenters. The summed E-state index contributed by atoms with van der Waals surface area (Å²) in [5.41, 5.74) is 3.40. The molecule has 0 aliphatic carbocycles. The number of carbonyl (C=O) groups excluding carboxylic acids is 1. The van der Waals surface area contributed by atoms with E-state index in [-0.39, 0.29) is 5.91 Å². The number of furan rings is 1. The molecule has 1 aliphatic heterocycles. The van der Waals surface area contributed by atoms with Gasteiger partial charge in [0.05, 0.1) is 11.8 Å². The summed E-state index contributed by atoms with van der Waals surface area (Å²) in [4.78, 5) is 15.0. The first-order chi connectivity index (χ1) is 12.3. The Labute approximate surface area is 146 Å². The molecule has 1 aliphatic rings. The van der Waals surface area contributed by atoms with E-state index in [1.165, 1.54) is 5.56 Å². The first-order valence-corrected chi connectivity index (χ1v) is 8.59. The summed E-state index contributed by atoms with van der Waals surface area (Å²) in [6, 6.07) is 15.4. The normalized spacial score (nSPS) is 15.4. The van der Waals surface area contributed by atoms with E-state index in [1.807, 2.05) is 36.4 Å². The van der Waals surface area contributed by atoms with Crippen molar-refractivity contribution in [1.29, 1.82) is 0 Å². The third-order valence-corrected chi connectivity index (χ3v) is 4.57. The Bertz CT molecular complexity index is 864. The number of anilines is 1. The van der Waals surface area contributed by atoms with Gasteiger partial charge in [-0.15, -0.1) is 0 Å². The lowest BCUT2D eigenvalue weighted by atomic mass is 10.1. The van der Waals surface area contributed by atoms with Gasteiger partial charge in [0.1, 0.15) is 5.58 Å². The number of rotatable bonds is 4. The number of fused-ring (bicyclic) bond motifs is 1. The third-order valence-electron chi connectivity index (χ3n) is 4.57. The van der Waals surface area contributed by atoms with Crippen molar-refractivity contribution in [3.05, 3.63) is 65.9 Å². The minimum Gasteiger partial charge on any atom is -0.464 e. The summed E-state index contributed by atoms with van der Waals surface area (Å²) in [7, 11) is 0. The van der Waals surface area contributed by atoms with Crippen molar-refractivity contribution in [2.24, 2.45) is 0 Å². The highest BCUT2D eigenvalue weighted by Gasteiger charge is 2.12. The van der Waals surface area contributed by atoms with Crippen LogP contribution in [0.1, 0.15) is 15.9 Å². The van der Waals surface area contributed by atoms with Crippen molar-refractivity contribution in [3.63, 3.8) is 0 Å². The van der Waals surface area contributed by atoms with E-state index >= 15 is 0 Å². The van der Waals surface area contributed by atoms with Crippen molar-refractivity contribution in [3.8, 4) is 0 Å². The molecule has 3 aromatic rings. The summed E-state index contributed by atoms with van der Waals surface area (Å²) in [5, 5.41) is 7.16. The molecule has 0 atom stereocenters. The monoisotopic (exact) mass is 335 g/mol. The molecule has 2 aromatic carbocycles. The second kappa shape index (κ2) is 7.09.